The molecule has 2 aromatic rings. The van der Waals surface area contributed by atoms with E-state index in [1.165, 1.54) is 25.4 Å². The summed E-state index contributed by atoms with van der Waals surface area (Å²) in [6.45, 7) is 3.43. The molecule has 1 N–H and O–H groups in total. The van der Waals surface area contributed by atoms with E-state index < -0.39 is 26.9 Å². The van der Waals surface area contributed by atoms with Gasteiger partial charge < -0.3 is 10.1 Å². The molecule has 3 unspecified atom stereocenters. The van der Waals surface area contributed by atoms with Crippen molar-refractivity contribution in [1.29, 1.82) is 0 Å². The third-order valence-electron chi connectivity index (χ3n) is 6.88. The molecule has 6 nitrogen and oxygen atoms in total. The number of rotatable bonds is 5. The predicted octanol–water partition coefficient (Wildman–Crippen LogP) is 4.55. The Balaban J connectivity index is 1.42. The SMILES string of the molecule is CN=S(C)(=O)c1ccc(OCCN2CCC3(CC2C)C(=O)Nc2ccccc23)cc1C(F)(F)F. The molecule has 0 aliphatic carbocycles. The number of hydrogen-bond acceptors (Lipinski definition) is 5. The van der Waals surface area contributed by atoms with Gasteiger partial charge in [0.25, 0.3) is 0 Å². The van der Waals surface area contributed by atoms with Gasteiger partial charge in [0.15, 0.2) is 0 Å². The number of hydrogen-bond donors (Lipinski definition) is 1. The van der Waals surface area contributed by atoms with Gasteiger partial charge in [-0.25, -0.2) is 8.57 Å². The summed E-state index contributed by atoms with van der Waals surface area (Å²) in [4.78, 5) is 14.7. The first-order valence-electron chi connectivity index (χ1n) is 11.1. The number of likely N-dealkylation sites (tertiary alicyclic amines) is 1. The second kappa shape index (κ2) is 8.88. The number of anilines is 1. The number of amides is 1. The van der Waals surface area contributed by atoms with E-state index in [-0.39, 0.29) is 29.2 Å². The van der Waals surface area contributed by atoms with Crippen molar-refractivity contribution in [3.05, 3.63) is 53.6 Å². The number of fused-ring (bicyclic) bond motifs is 2. The van der Waals surface area contributed by atoms with Gasteiger partial charge in [-0.2, -0.15) is 13.2 Å². The molecule has 0 aromatic heterocycles. The molecule has 10 heteroatoms. The van der Waals surface area contributed by atoms with E-state index in [0.717, 1.165) is 17.3 Å². The van der Waals surface area contributed by atoms with E-state index in [0.29, 0.717) is 25.9 Å². The van der Waals surface area contributed by atoms with E-state index in [1.807, 2.05) is 24.3 Å². The summed E-state index contributed by atoms with van der Waals surface area (Å²) in [6.07, 6.45) is -2.16. The molecule has 2 heterocycles. The minimum absolute atomic E-state index is 0.0301. The minimum atomic E-state index is -4.67. The van der Waals surface area contributed by atoms with Crippen molar-refractivity contribution in [3.63, 3.8) is 0 Å². The van der Waals surface area contributed by atoms with Gasteiger partial charge in [0.1, 0.15) is 12.4 Å². The predicted molar refractivity (Wildman–Crippen MR) is 125 cm³/mol. The number of para-hydroxylation sites is 1. The summed E-state index contributed by atoms with van der Waals surface area (Å²) in [5.41, 5.74) is 0.367. The van der Waals surface area contributed by atoms with Crippen molar-refractivity contribution in [1.82, 2.24) is 4.90 Å². The molecule has 2 aliphatic heterocycles. The lowest BCUT2D eigenvalue weighted by atomic mass is 9.71. The summed E-state index contributed by atoms with van der Waals surface area (Å²) in [5, 5.41) is 2.99. The topological polar surface area (TPSA) is 71.0 Å². The highest BCUT2D eigenvalue weighted by Gasteiger charge is 2.50. The second-order valence-corrected chi connectivity index (χ2v) is 11.3. The zero-order valence-corrected chi connectivity index (χ0v) is 20.1. The van der Waals surface area contributed by atoms with Gasteiger partial charge >= 0.3 is 6.18 Å². The number of nitrogens with zero attached hydrogens (tertiary/aromatic N) is 2. The molecule has 2 aliphatic rings. The van der Waals surface area contributed by atoms with Crippen LogP contribution in [-0.4, -0.2) is 54.1 Å². The number of carbonyl (C=O) groups is 1. The van der Waals surface area contributed by atoms with E-state index in [1.54, 1.807) is 0 Å². The van der Waals surface area contributed by atoms with Crippen LogP contribution in [0.2, 0.25) is 0 Å². The van der Waals surface area contributed by atoms with Crippen LogP contribution in [0.5, 0.6) is 5.75 Å². The lowest BCUT2D eigenvalue weighted by molar-refractivity contribution is -0.140. The lowest BCUT2D eigenvalue weighted by Gasteiger charge is -2.42. The largest absolute Gasteiger partial charge is 0.492 e. The Morgan fingerprint density at radius 3 is 2.68 bits per heavy atom. The monoisotopic (exact) mass is 495 g/mol. The number of ether oxygens (including phenoxy) is 1. The Kier molecular flexibility index (Phi) is 6.41. The first-order chi connectivity index (χ1) is 16.0. The van der Waals surface area contributed by atoms with E-state index in [9.17, 15) is 22.2 Å². The van der Waals surface area contributed by atoms with Crippen LogP contribution < -0.4 is 10.1 Å². The molecule has 0 bridgehead atoms. The van der Waals surface area contributed by atoms with Crippen LogP contribution in [0.4, 0.5) is 18.9 Å². The Labute approximate surface area is 197 Å². The van der Waals surface area contributed by atoms with Crippen molar-refractivity contribution < 1.29 is 26.9 Å². The van der Waals surface area contributed by atoms with E-state index in [2.05, 4.69) is 21.5 Å². The Morgan fingerprint density at radius 2 is 2.00 bits per heavy atom. The van der Waals surface area contributed by atoms with Gasteiger partial charge in [0.2, 0.25) is 5.91 Å². The fraction of sp³-hybridized carbons (Fsp3) is 0.458. The van der Waals surface area contributed by atoms with Crippen LogP contribution in [0.15, 0.2) is 51.7 Å². The molecule has 184 valence electrons. The van der Waals surface area contributed by atoms with Crippen LogP contribution in [0.25, 0.3) is 0 Å². The van der Waals surface area contributed by atoms with E-state index in [4.69, 9.17) is 4.74 Å². The van der Waals surface area contributed by atoms with Crippen molar-refractivity contribution >= 4 is 21.3 Å². The van der Waals surface area contributed by atoms with Gasteiger partial charge in [0.05, 0.1) is 25.6 Å². The average Bonchev–Trinajstić information content (AvgIpc) is 3.05. The summed E-state index contributed by atoms with van der Waals surface area (Å²) in [7, 11) is -1.91. The molecule has 3 atom stereocenters. The fourth-order valence-electron chi connectivity index (χ4n) is 4.98. The molecule has 1 amide bonds. The maximum absolute atomic E-state index is 13.6. The molecule has 0 saturated carbocycles. The van der Waals surface area contributed by atoms with Gasteiger partial charge in [0, 0.05) is 31.6 Å². The maximum atomic E-state index is 13.6. The third kappa shape index (κ3) is 4.40. The summed E-state index contributed by atoms with van der Waals surface area (Å²) >= 11 is 0. The van der Waals surface area contributed by atoms with Crippen LogP contribution >= 0.6 is 0 Å². The average molecular weight is 496 g/mol. The Hall–Kier alpha value is -2.59. The molecule has 34 heavy (non-hydrogen) atoms. The zero-order valence-electron chi connectivity index (χ0n) is 19.3. The molecule has 4 rings (SSSR count). The maximum Gasteiger partial charge on any atom is 0.417 e. The smallest absolute Gasteiger partial charge is 0.417 e. The van der Waals surface area contributed by atoms with Gasteiger partial charge in [-0.1, -0.05) is 18.2 Å². The second-order valence-electron chi connectivity index (χ2n) is 8.91. The summed E-state index contributed by atoms with van der Waals surface area (Å²) < 4.78 is 62.5. The molecule has 0 radical (unpaired) electrons. The first-order valence-corrected chi connectivity index (χ1v) is 13.0. The van der Waals surface area contributed by atoms with Crippen molar-refractivity contribution in [2.24, 2.45) is 4.36 Å². The lowest BCUT2D eigenvalue weighted by Crippen LogP contribution is -2.51. The Bertz CT molecular complexity index is 1220. The quantitative estimate of drug-likeness (QED) is 0.661. The standard InChI is InChI=1S/C24H28F3N3O3S/c1-16-15-23(18-6-4-5-7-20(18)29-22(23)31)10-11-30(16)12-13-33-17-8-9-21(34(3,32)28-2)19(14-17)24(25,26)27/h4-9,14,16H,10-13,15H2,1-3H3,(H,29,31). The minimum Gasteiger partial charge on any atom is -0.492 e. The summed E-state index contributed by atoms with van der Waals surface area (Å²) in [5.74, 6) is 0.0927. The highest BCUT2D eigenvalue weighted by Crippen LogP contribution is 2.46. The molecule has 1 spiro atoms. The van der Waals surface area contributed by atoms with Crippen molar-refractivity contribution in [3.8, 4) is 5.75 Å². The van der Waals surface area contributed by atoms with Crippen LogP contribution in [0.1, 0.15) is 30.9 Å². The summed E-state index contributed by atoms with van der Waals surface area (Å²) in [6, 6.07) is 11.3. The van der Waals surface area contributed by atoms with Gasteiger partial charge in [-0.05, 0) is 56.1 Å². The van der Waals surface area contributed by atoms with Gasteiger partial charge in [-0.15, -0.1) is 0 Å². The van der Waals surface area contributed by atoms with E-state index >= 15 is 0 Å². The molecule has 2 aromatic carbocycles. The number of nitrogens with one attached hydrogen (secondary N) is 1. The number of piperidine rings is 1. The normalized spacial score (nSPS) is 24.4. The fourth-order valence-corrected chi connectivity index (χ4v) is 6.08. The van der Waals surface area contributed by atoms with Gasteiger partial charge in [-0.3, -0.25) is 9.69 Å². The molecule has 1 fully saturated rings. The number of halogens is 3. The molecular weight excluding hydrogens is 467 g/mol. The van der Waals surface area contributed by atoms with Crippen LogP contribution in [-0.2, 0) is 26.1 Å². The van der Waals surface area contributed by atoms with Crippen LogP contribution in [0, 0.1) is 0 Å². The number of carbonyl (C=O) groups excluding carboxylic acids is 1. The first kappa shape index (κ1) is 24.5. The number of benzene rings is 2. The van der Waals surface area contributed by atoms with Crippen LogP contribution in [0.3, 0.4) is 0 Å². The third-order valence-corrected chi connectivity index (χ3v) is 8.75. The molecule has 1 saturated heterocycles. The number of alkyl halides is 3. The highest BCUT2D eigenvalue weighted by molar-refractivity contribution is 7.93. The van der Waals surface area contributed by atoms with Crippen molar-refractivity contribution in [2.45, 2.75) is 42.3 Å². The highest BCUT2D eigenvalue weighted by atomic mass is 32.2. The Morgan fingerprint density at radius 1 is 1.26 bits per heavy atom. The van der Waals surface area contributed by atoms with Crippen molar-refractivity contribution in [2.75, 3.05) is 38.3 Å². The zero-order chi connectivity index (χ0) is 24.7. The molecular formula is C24H28F3N3O3S.